The van der Waals surface area contributed by atoms with Crippen molar-refractivity contribution in [2.24, 2.45) is 11.8 Å². The van der Waals surface area contributed by atoms with Gasteiger partial charge in [-0.2, -0.15) is 0 Å². The molecule has 62 heavy (non-hydrogen) atoms. The van der Waals surface area contributed by atoms with Crippen LogP contribution in [0.2, 0.25) is 0 Å². The number of thiazole rings is 2. The number of likely N-dealkylation sites (tertiary alicyclic amines) is 2. The average molecular weight is 860 g/mol. The van der Waals surface area contributed by atoms with Crippen LogP contribution in [0.3, 0.4) is 0 Å². The highest BCUT2D eigenvalue weighted by atomic mass is 32.1. The summed E-state index contributed by atoms with van der Waals surface area (Å²) in [5, 5.41) is 4.93. The summed E-state index contributed by atoms with van der Waals surface area (Å²) in [5.74, 6) is -0.198. The van der Waals surface area contributed by atoms with Gasteiger partial charge in [0.05, 0.1) is 27.8 Å². The lowest BCUT2D eigenvalue weighted by Gasteiger charge is -2.28. The van der Waals surface area contributed by atoms with Gasteiger partial charge in [-0.15, -0.1) is 22.7 Å². The fraction of sp³-hybridized carbons (Fsp3) is 0.333. The molecule has 4 heterocycles. The van der Waals surface area contributed by atoms with Crippen LogP contribution >= 0.6 is 22.7 Å². The highest BCUT2D eigenvalue weighted by Gasteiger charge is 2.41. The Balaban J connectivity index is 0.797. The number of hydrogen-bond acceptors (Lipinski definition) is 8. The summed E-state index contributed by atoms with van der Waals surface area (Å²) in [6, 6.07) is 35.5. The van der Waals surface area contributed by atoms with Gasteiger partial charge in [0.2, 0.25) is 17.7 Å². The first-order chi connectivity index (χ1) is 30.4. The Kier molecular flexibility index (Phi) is 11.4. The molecule has 0 bridgehead atoms. The van der Waals surface area contributed by atoms with Crippen LogP contribution in [-0.2, 0) is 19.2 Å². The first-order valence-electron chi connectivity index (χ1n) is 22.0. The van der Waals surface area contributed by atoms with Crippen molar-refractivity contribution in [3.8, 4) is 32.0 Å². The van der Waals surface area contributed by atoms with E-state index in [4.69, 9.17) is 9.97 Å². The molecule has 0 unspecified atom stereocenters. The van der Waals surface area contributed by atoms with Gasteiger partial charge in [0.15, 0.2) is 0 Å². The molecule has 10 rings (SSSR count). The van der Waals surface area contributed by atoms with E-state index in [2.05, 4.69) is 53.8 Å². The zero-order valence-electron chi connectivity index (χ0n) is 34.5. The van der Waals surface area contributed by atoms with Gasteiger partial charge < -0.3 is 15.1 Å². The number of carbonyl (C=O) groups is 4. The summed E-state index contributed by atoms with van der Waals surface area (Å²) in [4.78, 5) is 69.8. The fourth-order valence-electron chi connectivity index (χ4n) is 9.09. The van der Waals surface area contributed by atoms with Gasteiger partial charge in [-0.1, -0.05) is 109 Å². The average Bonchev–Trinajstić information content (AvgIpc) is 4.07. The van der Waals surface area contributed by atoms with Gasteiger partial charge in [0, 0.05) is 43.7 Å². The Labute approximate surface area is 370 Å². The van der Waals surface area contributed by atoms with E-state index in [1.54, 1.807) is 22.7 Å². The van der Waals surface area contributed by atoms with Crippen LogP contribution < -0.4 is 5.32 Å². The van der Waals surface area contributed by atoms with E-state index in [1.165, 1.54) is 0 Å². The number of rotatable bonds is 14. The maximum absolute atomic E-state index is 14.2. The number of hydrogen-bond donors (Lipinski definition) is 1. The van der Waals surface area contributed by atoms with Crippen molar-refractivity contribution < 1.29 is 19.2 Å². The Morgan fingerprint density at radius 1 is 0.565 bits per heavy atom. The van der Waals surface area contributed by atoms with Crippen molar-refractivity contribution in [3.05, 3.63) is 143 Å². The molecule has 2 aromatic heterocycles. The molecule has 4 aliphatic rings. The minimum atomic E-state index is -0.709. The normalized spacial score (nSPS) is 19.6. The monoisotopic (exact) mass is 859 g/mol. The molecule has 1 N–H and O–H groups in total. The van der Waals surface area contributed by atoms with Gasteiger partial charge >= 0.3 is 0 Å². The lowest BCUT2D eigenvalue weighted by Crippen LogP contribution is -2.43. The quantitative estimate of drug-likeness (QED) is 0.117. The number of amides is 3. The molecular formula is C51H49N5O4S2. The largest absolute Gasteiger partial charge is 0.340 e. The lowest BCUT2D eigenvalue weighted by molar-refractivity contribution is -0.137. The molecule has 314 valence electrons. The number of aromatic nitrogens is 2. The Bertz CT molecular complexity index is 2390. The second-order valence-electron chi connectivity index (χ2n) is 17.2. The van der Waals surface area contributed by atoms with Crippen molar-refractivity contribution in [1.29, 1.82) is 0 Å². The second-order valence-corrected chi connectivity index (χ2v) is 19.3. The third kappa shape index (κ3) is 8.52. The Morgan fingerprint density at radius 2 is 1.03 bits per heavy atom. The first-order valence-corrected chi connectivity index (χ1v) is 23.7. The van der Waals surface area contributed by atoms with Gasteiger partial charge in [-0.05, 0) is 84.7 Å². The predicted molar refractivity (Wildman–Crippen MR) is 243 cm³/mol. The highest BCUT2D eigenvalue weighted by Crippen LogP contribution is 2.42. The zero-order chi connectivity index (χ0) is 42.2. The van der Waals surface area contributed by atoms with Crippen molar-refractivity contribution >= 4 is 46.2 Å². The fourth-order valence-corrected chi connectivity index (χ4v) is 11.2. The molecule has 6 aromatic rings. The maximum atomic E-state index is 14.2. The number of carbonyl (C=O) groups excluding carboxylic acids is 4. The topological polar surface area (TPSA) is 113 Å². The van der Waals surface area contributed by atoms with E-state index >= 15 is 0 Å². The van der Waals surface area contributed by atoms with Gasteiger partial charge in [0.1, 0.15) is 21.8 Å². The molecule has 11 heteroatoms. The number of nitrogens with zero attached hydrogens (tertiary/aromatic N) is 4. The van der Waals surface area contributed by atoms with Crippen LogP contribution in [0.1, 0.15) is 103 Å². The van der Waals surface area contributed by atoms with Gasteiger partial charge in [0.25, 0.3) is 0 Å². The first kappa shape index (κ1) is 40.3. The molecule has 0 radical (unpaired) electrons. The predicted octanol–water partition coefficient (Wildman–Crippen LogP) is 10.3. The molecule has 4 fully saturated rings. The van der Waals surface area contributed by atoms with E-state index in [9.17, 15) is 19.2 Å². The Hall–Kier alpha value is -5.78. The van der Waals surface area contributed by atoms with Crippen molar-refractivity contribution in [2.45, 2.75) is 81.8 Å². The number of ketones is 1. The van der Waals surface area contributed by atoms with Crippen LogP contribution in [-0.4, -0.2) is 56.4 Å². The minimum Gasteiger partial charge on any atom is -0.340 e. The Morgan fingerprint density at radius 3 is 1.53 bits per heavy atom. The standard InChI is InChI=1S/C51H49N5O4S2/c57-43(35-19-20-35)29-40(34-9-3-1-4-10-34)50(59)55-27-7-13-41(55)48-52-30-44(61-48)36-21-15-32(16-22-36)33-17-23-37(24-18-33)45-31-53-49(62-45)42-14-8-28-56(42)51(60)46(38-11-5-2-6-12-38)54-47(58)39-25-26-39/h1-6,9-12,15-18,21-24,30-31,35,39-42,46H,7-8,13-14,19-20,25-29H2,(H,54,58)/t40-,41-,42-,46+/m0/s1. The molecule has 2 saturated carbocycles. The van der Waals surface area contributed by atoms with Gasteiger partial charge in [-0.25, -0.2) is 9.97 Å². The van der Waals surface area contributed by atoms with E-state index in [0.717, 1.165) is 105 Å². The van der Waals surface area contributed by atoms with Crippen LogP contribution in [0.4, 0.5) is 0 Å². The van der Waals surface area contributed by atoms with Crippen LogP contribution in [0, 0.1) is 11.8 Å². The van der Waals surface area contributed by atoms with Crippen LogP contribution in [0.5, 0.6) is 0 Å². The van der Waals surface area contributed by atoms with E-state index < -0.39 is 12.0 Å². The lowest BCUT2D eigenvalue weighted by atomic mass is 9.91. The van der Waals surface area contributed by atoms with Crippen molar-refractivity contribution in [3.63, 3.8) is 0 Å². The van der Waals surface area contributed by atoms with Crippen molar-refractivity contribution in [2.75, 3.05) is 13.1 Å². The number of Topliss-reactive ketones (excluding diaryl/α,β-unsaturated/α-hetero) is 1. The summed E-state index contributed by atoms with van der Waals surface area (Å²) in [6.07, 6.45) is 11.3. The zero-order valence-corrected chi connectivity index (χ0v) is 36.2. The molecule has 2 aliphatic carbocycles. The molecule has 4 aromatic carbocycles. The third-order valence-corrected chi connectivity index (χ3v) is 15.2. The minimum absolute atomic E-state index is 0.0123. The number of benzene rings is 4. The molecule has 2 saturated heterocycles. The molecule has 4 atom stereocenters. The summed E-state index contributed by atoms with van der Waals surface area (Å²) in [6.45, 7) is 1.31. The van der Waals surface area contributed by atoms with E-state index in [0.29, 0.717) is 13.1 Å². The second kappa shape index (κ2) is 17.5. The third-order valence-electron chi connectivity index (χ3n) is 12.9. The van der Waals surface area contributed by atoms with E-state index in [1.807, 2.05) is 82.9 Å². The van der Waals surface area contributed by atoms with Crippen LogP contribution in [0.15, 0.2) is 122 Å². The van der Waals surface area contributed by atoms with Crippen molar-refractivity contribution in [1.82, 2.24) is 25.1 Å². The SMILES string of the molecule is O=C(C[C@H](C(=O)N1CCC[C@H]1c1ncc(-c2ccc(-c3ccc(-c4cnc([C@@H]5CCCN5C(=O)[C@H](NC(=O)C5CC5)c5ccccc5)s4)cc3)cc2)s1)c1ccccc1)C1CC1. The molecular weight excluding hydrogens is 811 g/mol. The summed E-state index contributed by atoms with van der Waals surface area (Å²) in [5.41, 5.74) is 6.09. The smallest absolute Gasteiger partial charge is 0.250 e. The molecule has 9 nitrogen and oxygen atoms in total. The highest BCUT2D eigenvalue weighted by molar-refractivity contribution is 7.15. The summed E-state index contributed by atoms with van der Waals surface area (Å²) >= 11 is 3.27. The van der Waals surface area contributed by atoms with E-state index in [-0.39, 0.29) is 53.8 Å². The van der Waals surface area contributed by atoms with Crippen LogP contribution in [0.25, 0.3) is 32.0 Å². The number of nitrogens with one attached hydrogen (secondary N) is 1. The molecule has 3 amide bonds. The maximum Gasteiger partial charge on any atom is 0.250 e. The molecule has 2 aliphatic heterocycles. The summed E-state index contributed by atoms with van der Waals surface area (Å²) in [7, 11) is 0. The summed E-state index contributed by atoms with van der Waals surface area (Å²) < 4.78 is 0. The molecule has 0 spiro atoms. The van der Waals surface area contributed by atoms with Gasteiger partial charge in [-0.3, -0.25) is 19.2 Å².